The van der Waals surface area contributed by atoms with Crippen LogP contribution in [0.3, 0.4) is 0 Å². The van der Waals surface area contributed by atoms with Crippen molar-refractivity contribution in [3.63, 3.8) is 0 Å². The maximum Gasteiger partial charge on any atom is 0.276 e. The monoisotopic (exact) mass is 352 g/mol. The van der Waals surface area contributed by atoms with Crippen LogP contribution in [0.4, 0.5) is 11.5 Å². The molecule has 23 heavy (non-hydrogen) atoms. The van der Waals surface area contributed by atoms with Crippen LogP contribution in [0.25, 0.3) is 0 Å². The van der Waals surface area contributed by atoms with E-state index >= 15 is 0 Å². The fraction of sp³-hybridized carbons (Fsp3) is 0.312. The highest BCUT2D eigenvalue weighted by molar-refractivity contribution is 6.42. The number of carbonyl (C=O) groups excluding carboxylic acids is 1. The molecular formula is C16H18Cl2N4O. The number of aromatic nitrogens is 2. The van der Waals surface area contributed by atoms with E-state index in [1.54, 1.807) is 30.3 Å². The second-order valence-electron chi connectivity index (χ2n) is 5.13. The van der Waals surface area contributed by atoms with Crippen molar-refractivity contribution in [3.8, 4) is 0 Å². The Kier molecular flexibility index (Phi) is 6.19. The molecule has 0 aliphatic heterocycles. The average molecular weight is 353 g/mol. The van der Waals surface area contributed by atoms with Crippen LogP contribution in [-0.2, 0) is 0 Å². The summed E-state index contributed by atoms with van der Waals surface area (Å²) in [5.74, 6) is 0.392. The molecule has 1 heterocycles. The lowest BCUT2D eigenvalue weighted by molar-refractivity contribution is 0.102. The van der Waals surface area contributed by atoms with Crippen molar-refractivity contribution in [2.75, 3.05) is 23.8 Å². The highest BCUT2D eigenvalue weighted by Gasteiger charge is 2.11. The van der Waals surface area contributed by atoms with Crippen LogP contribution in [0, 0.1) is 0 Å². The second kappa shape index (κ2) is 8.13. The van der Waals surface area contributed by atoms with Crippen LogP contribution in [0.5, 0.6) is 0 Å². The van der Waals surface area contributed by atoms with Crippen molar-refractivity contribution in [1.82, 2.24) is 10.2 Å². The van der Waals surface area contributed by atoms with Gasteiger partial charge in [0.25, 0.3) is 5.91 Å². The number of anilines is 2. The Morgan fingerprint density at radius 2 is 1.96 bits per heavy atom. The minimum atomic E-state index is -0.348. The number of rotatable bonds is 6. The number of nitrogens with one attached hydrogen (secondary N) is 1. The first-order valence-corrected chi connectivity index (χ1v) is 8.08. The summed E-state index contributed by atoms with van der Waals surface area (Å²) in [7, 11) is 1.95. The fourth-order valence-corrected chi connectivity index (χ4v) is 2.23. The minimum absolute atomic E-state index is 0.240. The molecule has 0 saturated heterocycles. The highest BCUT2D eigenvalue weighted by atomic mass is 35.5. The van der Waals surface area contributed by atoms with E-state index < -0.39 is 0 Å². The molecule has 122 valence electrons. The van der Waals surface area contributed by atoms with Gasteiger partial charge >= 0.3 is 0 Å². The fourth-order valence-electron chi connectivity index (χ4n) is 1.93. The average Bonchev–Trinajstić information content (AvgIpc) is 2.56. The van der Waals surface area contributed by atoms with Crippen LogP contribution in [0.15, 0.2) is 30.3 Å². The Hall–Kier alpha value is -1.85. The second-order valence-corrected chi connectivity index (χ2v) is 5.95. The van der Waals surface area contributed by atoms with Gasteiger partial charge in [0, 0.05) is 19.3 Å². The molecule has 0 saturated carbocycles. The molecule has 2 aromatic rings. The van der Waals surface area contributed by atoms with Crippen molar-refractivity contribution in [2.45, 2.75) is 19.8 Å². The van der Waals surface area contributed by atoms with Gasteiger partial charge in [-0.2, -0.15) is 0 Å². The summed E-state index contributed by atoms with van der Waals surface area (Å²) in [4.78, 5) is 14.2. The third-order valence-corrected chi connectivity index (χ3v) is 4.04. The van der Waals surface area contributed by atoms with Crippen molar-refractivity contribution >= 4 is 40.6 Å². The van der Waals surface area contributed by atoms with Gasteiger partial charge < -0.3 is 10.2 Å². The number of carbonyl (C=O) groups is 1. The molecule has 0 fully saturated rings. The van der Waals surface area contributed by atoms with Gasteiger partial charge in [0.15, 0.2) is 11.5 Å². The normalized spacial score (nSPS) is 10.4. The lowest BCUT2D eigenvalue weighted by Crippen LogP contribution is -2.21. The van der Waals surface area contributed by atoms with E-state index in [2.05, 4.69) is 22.4 Å². The molecule has 5 nitrogen and oxygen atoms in total. The quantitative estimate of drug-likeness (QED) is 0.843. The lowest BCUT2D eigenvalue weighted by Gasteiger charge is -2.16. The maximum atomic E-state index is 12.2. The molecule has 0 radical (unpaired) electrons. The van der Waals surface area contributed by atoms with Crippen LogP contribution >= 0.6 is 23.2 Å². The minimum Gasteiger partial charge on any atom is -0.358 e. The molecule has 0 unspecified atom stereocenters. The van der Waals surface area contributed by atoms with Gasteiger partial charge in [-0.3, -0.25) is 4.79 Å². The number of benzene rings is 1. The largest absolute Gasteiger partial charge is 0.358 e. The number of hydrogen-bond donors (Lipinski definition) is 1. The Balaban J connectivity index is 2.03. The summed E-state index contributed by atoms with van der Waals surface area (Å²) in [6.45, 7) is 3.04. The van der Waals surface area contributed by atoms with Crippen LogP contribution in [0.1, 0.15) is 30.3 Å². The summed E-state index contributed by atoms with van der Waals surface area (Å²) >= 11 is 11.8. The van der Waals surface area contributed by atoms with E-state index in [4.69, 9.17) is 23.2 Å². The molecule has 1 aromatic carbocycles. The zero-order valence-electron chi connectivity index (χ0n) is 13.0. The van der Waals surface area contributed by atoms with E-state index in [0.29, 0.717) is 15.7 Å². The summed E-state index contributed by atoms with van der Waals surface area (Å²) in [5.41, 5.74) is 0.791. The zero-order valence-corrected chi connectivity index (χ0v) is 14.5. The third kappa shape index (κ3) is 4.81. The van der Waals surface area contributed by atoms with E-state index in [1.807, 2.05) is 11.9 Å². The first kappa shape index (κ1) is 17.5. The van der Waals surface area contributed by atoms with Crippen molar-refractivity contribution in [3.05, 3.63) is 46.1 Å². The molecular weight excluding hydrogens is 335 g/mol. The van der Waals surface area contributed by atoms with E-state index in [9.17, 15) is 4.79 Å². The highest BCUT2D eigenvalue weighted by Crippen LogP contribution is 2.25. The van der Waals surface area contributed by atoms with Crippen molar-refractivity contribution < 1.29 is 4.79 Å². The van der Waals surface area contributed by atoms with E-state index in [-0.39, 0.29) is 11.6 Å². The Morgan fingerprint density at radius 3 is 2.57 bits per heavy atom. The van der Waals surface area contributed by atoms with Gasteiger partial charge in [0.1, 0.15) is 0 Å². The van der Waals surface area contributed by atoms with Gasteiger partial charge in [-0.05, 0) is 36.8 Å². The number of unbranched alkanes of at least 4 members (excludes halogenated alkanes) is 1. The smallest absolute Gasteiger partial charge is 0.276 e. The Morgan fingerprint density at radius 1 is 1.17 bits per heavy atom. The van der Waals surface area contributed by atoms with Crippen molar-refractivity contribution in [1.29, 1.82) is 0 Å². The predicted molar refractivity (Wildman–Crippen MR) is 94.6 cm³/mol. The molecule has 7 heteroatoms. The number of hydrogen-bond acceptors (Lipinski definition) is 4. The Labute approximate surface area is 145 Å². The number of halogens is 2. The van der Waals surface area contributed by atoms with Gasteiger partial charge in [0.2, 0.25) is 0 Å². The number of nitrogens with zero attached hydrogens (tertiary/aromatic N) is 3. The lowest BCUT2D eigenvalue weighted by atomic mass is 10.3. The first-order valence-electron chi connectivity index (χ1n) is 7.32. The molecule has 0 spiro atoms. The van der Waals surface area contributed by atoms with Gasteiger partial charge in [-0.25, -0.2) is 0 Å². The predicted octanol–water partition coefficient (Wildman–Crippen LogP) is 4.27. The third-order valence-electron chi connectivity index (χ3n) is 3.30. The summed E-state index contributed by atoms with van der Waals surface area (Å²) in [6.07, 6.45) is 2.19. The molecule has 0 aliphatic rings. The molecule has 1 N–H and O–H groups in total. The van der Waals surface area contributed by atoms with Gasteiger partial charge in [-0.1, -0.05) is 36.5 Å². The Bertz CT molecular complexity index is 676. The van der Waals surface area contributed by atoms with Gasteiger partial charge in [-0.15, -0.1) is 10.2 Å². The molecule has 0 atom stereocenters. The summed E-state index contributed by atoms with van der Waals surface area (Å²) in [5, 5.41) is 11.6. The van der Waals surface area contributed by atoms with Crippen LogP contribution < -0.4 is 10.2 Å². The van der Waals surface area contributed by atoms with Crippen LogP contribution in [-0.4, -0.2) is 29.7 Å². The zero-order chi connectivity index (χ0) is 16.8. The van der Waals surface area contributed by atoms with Crippen LogP contribution in [0.2, 0.25) is 10.0 Å². The van der Waals surface area contributed by atoms with Crippen molar-refractivity contribution in [2.24, 2.45) is 0 Å². The molecule has 0 bridgehead atoms. The SMILES string of the molecule is CCCCN(C)c1ccc(C(=O)Nc2ccc(Cl)c(Cl)c2)nn1. The molecule has 1 aromatic heterocycles. The first-order chi connectivity index (χ1) is 11.0. The molecule has 2 rings (SSSR count). The van der Waals surface area contributed by atoms with E-state index in [1.165, 1.54) is 0 Å². The standard InChI is InChI=1S/C16H18Cl2N4O/c1-3-4-9-22(2)15-8-7-14(20-21-15)16(23)19-11-5-6-12(17)13(18)10-11/h5-8,10H,3-4,9H2,1-2H3,(H,19,23). The van der Waals surface area contributed by atoms with Gasteiger partial charge in [0.05, 0.1) is 10.0 Å². The summed E-state index contributed by atoms with van der Waals surface area (Å²) < 4.78 is 0. The molecule has 1 amide bonds. The van der Waals surface area contributed by atoms with E-state index in [0.717, 1.165) is 25.2 Å². The maximum absolute atomic E-state index is 12.2. The topological polar surface area (TPSA) is 58.1 Å². The summed E-state index contributed by atoms with van der Waals surface area (Å²) in [6, 6.07) is 8.32. The molecule has 0 aliphatic carbocycles. The number of amides is 1.